The molecule has 6 nitrogen and oxygen atoms in total. The van der Waals surface area contributed by atoms with E-state index in [4.69, 9.17) is 14.5 Å². The Morgan fingerprint density at radius 3 is 2.78 bits per heavy atom. The molecule has 0 aliphatic heterocycles. The maximum Gasteiger partial charge on any atom is 0.223 e. The normalized spacial score (nSPS) is 14.0. The van der Waals surface area contributed by atoms with Crippen LogP contribution in [0.5, 0.6) is 11.5 Å². The summed E-state index contributed by atoms with van der Waals surface area (Å²) in [4.78, 5) is 17.3. The molecule has 192 valence electrons. The summed E-state index contributed by atoms with van der Waals surface area (Å²) in [7, 11) is 1.67. The average Bonchev–Trinajstić information content (AvgIpc) is 3.27. The number of nitrogens with zero attached hydrogens (tertiary/aromatic N) is 2. The van der Waals surface area contributed by atoms with E-state index in [-0.39, 0.29) is 11.8 Å². The molecule has 1 aromatic heterocycles. The first-order valence-electron chi connectivity index (χ1n) is 13.3. The number of para-hydroxylation sites is 2. The van der Waals surface area contributed by atoms with Crippen molar-refractivity contribution in [2.45, 2.75) is 64.3 Å². The third-order valence-corrected chi connectivity index (χ3v) is 6.98. The van der Waals surface area contributed by atoms with E-state index in [2.05, 4.69) is 34.7 Å². The van der Waals surface area contributed by atoms with Gasteiger partial charge in [0.25, 0.3) is 0 Å². The number of ether oxygens (including phenoxy) is 2. The molecule has 0 radical (unpaired) electrons. The van der Waals surface area contributed by atoms with Crippen molar-refractivity contribution in [2.24, 2.45) is 5.92 Å². The molecule has 1 amide bonds. The monoisotopic (exact) mass is 489 g/mol. The number of carbonyl (C=O) groups excluding carboxylic acids is 1. The Kier molecular flexibility index (Phi) is 9.42. The molecule has 2 aromatic carbocycles. The molecule has 1 aliphatic carbocycles. The van der Waals surface area contributed by atoms with Crippen molar-refractivity contribution in [3.8, 4) is 11.5 Å². The number of nitrogens with one attached hydrogen (secondary N) is 1. The second kappa shape index (κ2) is 13.1. The van der Waals surface area contributed by atoms with Crippen molar-refractivity contribution in [2.75, 3.05) is 20.3 Å². The number of fused-ring (bicyclic) bond motifs is 1. The molecule has 4 rings (SSSR count). The van der Waals surface area contributed by atoms with Crippen LogP contribution >= 0.6 is 0 Å². The molecule has 1 fully saturated rings. The number of aryl methyl sites for hydroxylation is 2. The van der Waals surface area contributed by atoms with Crippen LogP contribution in [0.25, 0.3) is 11.0 Å². The van der Waals surface area contributed by atoms with Crippen molar-refractivity contribution in [1.82, 2.24) is 14.9 Å². The highest BCUT2D eigenvalue weighted by atomic mass is 16.5. The van der Waals surface area contributed by atoms with Gasteiger partial charge in [-0.1, -0.05) is 43.5 Å². The van der Waals surface area contributed by atoms with Crippen molar-refractivity contribution >= 4 is 16.9 Å². The minimum Gasteiger partial charge on any atom is -0.493 e. The SMILES string of the molecule is C=CCc1ccc(OCCCn2c(CCCNC(=O)C3CCCCC3)nc3ccccc32)c(OC)c1. The van der Waals surface area contributed by atoms with Crippen LogP contribution < -0.4 is 14.8 Å². The standard InChI is InChI=1S/C30H39N3O3/c1-3-11-23-17-18-27(28(22-23)35-2)36-21-10-20-33-26-15-8-7-14-25(26)32-29(33)16-9-19-31-30(34)24-12-5-4-6-13-24/h3,7-8,14-15,17-18,22,24H,1,4-6,9-13,16,19-21H2,2H3,(H,31,34). The summed E-state index contributed by atoms with van der Waals surface area (Å²) < 4.78 is 13.9. The minimum absolute atomic E-state index is 0.208. The molecule has 0 bridgehead atoms. The Balaban J connectivity index is 1.31. The second-order valence-corrected chi connectivity index (χ2v) is 9.58. The third-order valence-electron chi connectivity index (χ3n) is 6.98. The molecule has 0 unspecified atom stereocenters. The van der Waals surface area contributed by atoms with Crippen LogP contribution in [0.15, 0.2) is 55.1 Å². The van der Waals surface area contributed by atoms with Gasteiger partial charge in [-0.05, 0) is 61.9 Å². The van der Waals surface area contributed by atoms with Gasteiger partial charge in [0.15, 0.2) is 11.5 Å². The van der Waals surface area contributed by atoms with Crippen molar-refractivity contribution in [1.29, 1.82) is 0 Å². The van der Waals surface area contributed by atoms with Gasteiger partial charge in [-0.25, -0.2) is 4.98 Å². The molecular weight excluding hydrogens is 450 g/mol. The summed E-state index contributed by atoms with van der Waals surface area (Å²) in [6, 6.07) is 14.3. The highest BCUT2D eigenvalue weighted by molar-refractivity contribution is 5.78. The van der Waals surface area contributed by atoms with Gasteiger partial charge >= 0.3 is 0 Å². The van der Waals surface area contributed by atoms with Crippen molar-refractivity contribution < 1.29 is 14.3 Å². The lowest BCUT2D eigenvalue weighted by atomic mass is 9.89. The summed E-state index contributed by atoms with van der Waals surface area (Å²) in [5.41, 5.74) is 3.31. The number of hydrogen-bond acceptors (Lipinski definition) is 4. The van der Waals surface area contributed by atoms with E-state index in [0.29, 0.717) is 13.2 Å². The predicted molar refractivity (Wildman–Crippen MR) is 145 cm³/mol. The first-order chi connectivity index (χ1) is 17.7. The molecule has 0 saturated heterocycles. The highest BCUT2D eigenvalue weighted by Gasteiger charge is 2.20. The highest BCUT2D eigenvalue weighted by Crippen LogP contribution is 2.29. The van der Waals surface area contributed by atoms with Crippen LogP contribution in [0, 0.1) is 5.92 Å². The lowest BCUT2D eigenvalue weighted by molar-refractivity contribution is -0.125. The molecule has 0 spiro atoms. The predicted octanol–water partition coefficient (Wildman–Crippen LogP) is 5.87. The Morgan fingerprint density at radius 1 is 1.14 bits per heavy atom. The van der Waals surface area contributed by atoms with Gasteiger partial charge in [0, 0.05) is 25.4 Å². The van der Waals surface area contributed by atoms with Crippen LogP contribution in [-0.4, -0.2) is 35.7 Å². The summed E-state index contributed by atoms with van der Waals surface area (Å²) in [5.74, 6) is 3.01. The molecule has 1 saturated carbocycles. The first-order valence-corrected chi connectivity index (χ1v) is 13.3. The quantitative estimate of drug-likeness (QED) is 0.241. The summed E-state index contributed by atoms with van der Waals surface area (Å²) >= 11 is 0. The summed E-state index contributed by atoms with van der Waals surface area (Å²) in [6.45, 7) is 5.90. The first kappa shape index (κ1) is 25.8. The van der Waals surface area contributed by atoms with E-state index in [0.717, 1.165) is 79.0 Å². The average molecular weight is 490 g/mol. The van der Waals surface area contributed by atoms with E-state index >= 15 is 0 Å². The number of imidazole rings is 1. The van der Waals surface area contributed by atoms with Gasteiger partial charge in [-0.2, -0.15) is 0 Å². The second-order valence-electron chi connectivity index (χ2n) is 9.58. The van der Waals surface area contributed by atoms with Gasteiger partial charge in [0.2, 0.25) is 5.91 Å². The van der Waals surface area contributed by atoms with Crippen molar-refractivity contribution in [3.05, 3.63) is 66.5 Å². The van der Waals surface area contributed by atoms with Crippen LogP contribution in [0.3, 0.4) is 0 Å². The van der Waals surface area contributed by atoms with Crippen LogP contribution in [-0.2, 0) is 24.2 Å². The molecule has 1 N–H and O–H groups in total. The van der Waals surface area contributed by atoms with Gasteiger partial charge in [-0.3, -0.25) is 4.79 Å². The zero-order chi connectivity index (χ0) is 25.2. The van der Waals surface area contributed by atoms with E-state index in [1.807, 2.05) is 30.3 Å². The van der Waals surface area contributed by atoms with Gasteiger partial charge in [0.1, 0.15) is 5.82 Å². The zero-order valence-electron chi connectivity index (χ0n) is 21.5. The number of allylic oxidation sites excluding steroid dienone is 1. The van der Waals surface area contributed by atoms with Crippen LogP contribution in [0.1, 0.15) is 56.3 Å². The van der Waals surface area contributed by atoms with E-state index in [9.17, 15) is 4.79 Å². The topological polar surface area (TPSA) is 65.4 Å². The lowest BCUT2D eigenvalue weighted by Crippen LogP contribution is -2.32. The Hall–Kier alpha value is -3.28. The number of rotatable bonds is 13. The van der Waals surface area contributed by atoms with Crippen LogP contribution in [0.4, 0.5) is 0 Å². The number of amides is 1. The Labute approximate surface area is 214 Å². The van der Waals surface area contributed by atoms with Crippen LogP contribution in [0.2, 0.25) is 0 Å². The van der Waals surface area contributed by atoms with E-state index in [1.165, 1.54) is 19.3 Å². The number of benzene rings is 2. The maximum atomic E-state index is 12.4. The molecule has 36 heavy (non-hydrogen) atoms. The molecular formula is C30H39N3O3. The van der Waals surface area contributed by atoms with Crippen molar-refractivity contribution in [3.63, 3.8) is 0 Å². The largest absolute Gasteiger partial charge is 0.493 e. The molecule has 3 aromatic rings. The summed E-state index contributed by atoms with van der Waals surface area (Å²) in [6.07, 6.45) is 10.9. The maximum absolute atomic E-state index is 12.4. The fourth-order valence-electron chi connectivity index (χ4n) is 5.06. The molecule has 1 aliphatic rings. The van der Waals surface area contributed by atoms with Gasteiger partial charge < -0.3 is 19.4 Å². The Morgan fingerprint density at radius 2 is 1.97 bits per heavy atom. The molecule has 6 heteroatoms. The number of carbonyl (C=O) groups is 1. The fourth-order valence-corrected chi connectivity index (χ4v) is 5.06. The van der Waals surface area contributed by atoms with E-state index in [1.54, 1.807) is 7.11 Å². The number of aromatic nitrogens is 2. The molecule has 1 heterocycles. The lowest BCUT2D eigenvalue weighted by Gasteiger charge is -2.20. The van der Waals surface area contributed by atoms with Gasteiger partial charge in [-0.15, -0.1) is 6.58 Å². The third kappa shape index (κ3) is 6.68. The fraction of sp³-hybridized carbons (Fsp3) is 0.467. The number of hydrogen-bond donors (Lipinski definition) is 1. The zero-order valence-corrected chi connectivity index (χ0v) is 21.5. The smallest absolute Gasteiger partial charge is 0.223 e. The number of methoxy groups -OCH3 is 1. The van der Waals surface area contributed by atoms with E-state index < -0.39 is 0 Å². The summed E-state index contributed by atoms with van der Waals surface area (Å²) in [5, 5.41) is 3.16. The molecule has 0 atom stereocenters. The van der Waals surface area contributed by atoms with Gasteiger partial charge in [0.05, 0.1) is 24.8 Å². The Bertz CT molecular complexity index is 1150. The minimum atomic E-state index is 0.208.